The Kier molecular flexibility index (Phi) is 5.34. The van der Waals surface area contributed by atoms with Crippen LogP contribution in [-0.2, 0) is 19.1 Å². The van der Waals surface area contributed by atoms with Crippen LogP contribution in [0.3, 0.4) is 0 Å². The molecule has 0 aliphatic carbocycles. The number of hydrogen-bond donors (Lipinski definition) is 2. The topological polar surface area (TPSA) is 69.3 Å². The van der Waals surface area contributed by atoms with Gasteiger partial charge in [0, 0.05) is 54.4 Å². The fourth-order valence-corrected chi connectivity index (χ4v) is 5.20. The number of fused-ring (bicyclic) bond motifs is 2. The van der Waals surface area contributed by atoms with Gasteiger partial charge in [-0.3, -0.25) is 4.79 Å². The normalized spacial score (nSPS) is 17.1. The van der Waals surface area contributed by atoms with Gasteiger partial charge < -0.3 is 20.4 Å². The number of hydrogen-bond acceptors (Lipinski definition) is 3. The van der Waals surface area contributed by atoms with Crippen molar-refractivity contribution in [2.75, 3.05) is 13.6 Å². The molecule has 1 atom stereocenters. The average Bonchev–Trinajstić information content (AvgIpc) is 3.37. The zero-order valence-electron chi connectivity index (χ0n) is 18.6. The Labute approximate surface area is 200 Å². The van der Waals surface area contributed by atoms with Crippen LogP contribution in [0.2, 0.25) is 5.02 Å². The first kappa shape index (κ1) is 22.4. The average molecular weight is 482 g/mol. The number of likely N-dealkylation sites (N-methyl/N-ethyl adjacent to an activating group) is 1. The molecule has 1 aliphatic rings. The maximum absolute atomic E-state index is 16.1. The van der Waals surface area contributed by atoms with Gasteiger partial charge in [0.1, 0.15) is 11.6 Å². The highest BCUT2D eigenvalue weighted by Crippen LogP contribution is 2.50. The van der Waals surface area contributed by atoms with Gasteiger partial charge in [0.2, 0.25) is 5.91 Å². The molecule has 1 aliphatic heterocycles. The Morgan fingerprint density at radius 3 is 2.62 bits per heavy atom. The van der Waals surface area contributed by atoms with E-state index >= 15 is 8.78 Å². The first-order chi connectivity index (χ1) is 16.3. The van der Waals surface area contributed by atoms with Crippen molar-refractivity contribution in [1.29, 1.82) is 0 Å². The zero-order chi connectivity index (χ0) is 24.2. The maximum Gasteiger partial charge on any atom is 0.249 e. The lowest BCUT2D eigenvalue weighted by Gasteiger charge is -2.29. The summed E-state index contributed by atoms with van der Waals surface area (Å²) in [4.78, 5) is 12.4. The van der Waals surface area contributed by atoms with E-state index in [0.717, 1.165) is 5.56 Å². The summed E-state index contributed by atoms with van der Waals surface area (Å²) in [6.45, 7) is 0.409. The molecule has 8 heteroatoms. The Hall–Kier alpha value is -3.42. The van der Waals surface area contributed by atoms with Gasteiger partial charge >= 0.3 is 0 Å². The predicted octanol–water partition coefficient (Wildman–Crippen LogP) is 4.93. The van der Waals surface area contributed by atoms with Gasteiger partial charge in [-0.15, -0.1) is 0 Å². The van der Waals surface area contributed by atoms with Gasteiger partial charge in [0.15, 0.2) is 11.4 Å². The first-order valence-electron chi connectivity index (χ1n) is 10.7. The second kappa shape index (κ2) is 8.11. The number of nitrogens with zero attached hydrogens (tertiary/aromatic N) is 1. The van der Waals surface area contributed by atoms with Gasteiger partial charge in [0.25, 0.3) is 0 Å². The van der Waals surface area contributed by atoms with Gasteiger partial charge in [-0.05, 0) is 24.7 Å². The summed E-state index contributed by atoms with van der Waals surface area (Å²) in [6, 6.07) is 13.9. The molecular formula is C26H22ClF2N3O2. The fraction of sp³-hybridized carbons (Fsp3) is 0.192. The highest BCUT2D eigenvalue weighted by Gasteiger charge is 2.43. The third-order valence-corrected chi connectivity index (χ3v) is 6.80. The molecule has 3 N–H and O–H groups in total. The molecular weight excluding hydrogens is 460 g/mol. The largest absolute Gasteiger partial charge is 0.480 e. The van der Waals surface area contributed by atoms with Gasteiger partial charge in [0.05, 0.1) is 16.1 Å². The highest BCUT2D eigenvalue weighted by molar-refractivity contribution is 6.34. The van der Waals surface area contributed by atoms with Crippen molar-refractivity contribution in [2.24, 2.45) is 12.8 Å². The molecule has 1 aromatic heterocycles. The van der Waals surface area contributed by atoms with Crippen LogP contribution in [0.4, 0.5) is 8.78 Å². The number of aromatic nitrogens is 1. The van der Waals surface area contributed by atoms with Crippen molar-refractivity contribution in [3.05, 3.63) is 88.1 Å². The number of carbonyl (C=O) groups excluding carboxylic acids is 1. The molecule has 0 bridgehead atoms. The van der Waals surface area contributed by atoms with E-state index in [1.165, 1.54) is 12.1 Å². The smallest absolute Gasteiger partial charge is 0.249 e. The van der Waals surface area contributed by atoms with Crippen molar-refractivity contribution in [2.45, 2.75) is 12.0 Å². The summed E-state index contributed by atoms with van der Waals surface area (Å²) < 4.78 is 39.1. The summed E-state index contributed by atoms with van der Waals surface area (Å²) in [5, 5.41) is 3.36. The summed E-state index contributed by atoms with van der Waals surface area (Å²) in [7, 11) is 3.48. The lowest BCUT2D eigenvalue weighted by molar-refractivity contribution is 0.0940. The van der Waals surface area contributed by atoms with E-state index in [4.69, 9.17) is 22.1 Å². The Morgan fingerprint density at radius 2 is 1.94 bits per heavy atom. The molecule has 5 nitrogen and oxygen atoms in total. The number of carbonyl (C=O) groups is 1. The number of ether oxygens (including phenoxy) is 1. The quantitative estimate of drug-likeness (QED) is 0.425. The minimum absolute atomic E-state index is 0.0725. The van der Waals surface area contributed by atoms with Gasteiger partial charge in [-0.2, -0.15) is 0 Å². The minimum atomic E-state index is -0.872. The number of rotatable bonds is 5. The van der Waals surface area contributed by atoms with Crippen LogP contribution in [-0.4, -0.2) is 24.1 Å². The molecule has 0 unspecified atom stereocenters. The maximum atomic E-state index is 16.1. The second-order valence-corrected chi connectivity index (χ2v) is 8.91. The summed E-state index contributed by atoms with van der Waals surface area (Å²) in [5.41, 5.74) is 6.31. The highest BCUT2D eigenvalue weighted by atomic mass is 35.5. The van der Waals surface area contributed by atoms with E-state index < -0.39 is 23.1 Å². The summed E-state index contributed by atoms with van der Waals surface area (Å²) >= 11 is 6.47. The van der Waals surface area contributed by atoms with Crippen molar-refractivity contribution >= 4 is 28.4 Å². The Balaban J connectivity index is 1.82. The molecule has 0 fully saturated rings. The molecule has 174 valence electrons. The Bertz CT molecular complexity index is 1450. The molecule has 3 aromatic carbocycles. The van der Waals surface area contributed by atoms with Crippen LogP contribution in [0.15, 0.2) is 54.7 Å². The van der Waals surface area contributed by atoms with Crippen LogP contribution in [0.1, 0.15) is 21.5 Å². The number of amides is 1. The first-order valence-corrected chi connectivity index (χ1v) is 11.1. The van der Waals surface area contributed by atoms with Crippen molar-refractivity contribution in [3.8, 4) is 16.9 Å². The molecule has 0 spiro atoms. The second-order valence-electron chi connectivity index (χ2n) is 8.54. The predicted molar refractivity (Wildman–Crippen MR) is 128 cm³/mol. The molecule has 0 radical (unpaired) electrons. The SMILES string of the molecule is CNC[C@@]1(c2ccccc2)Cc2c(cc(F)c(Cl)c2-c2c(C(N)=O)cc3ccn(C)c3c2F)O1. The van der Waals surface area contributed by atoms with Crippen LogP contribution in [0.25, 0.3) is 22.0 Å². The van der Waals surface area contributed by atoms with E-state index in [1.807, 2.05) is 30.3 Å². The third-order valence-electron chi connectivity index (χ3n) is 6.43. The summed E-state index contributed by atoms with van der Waals surface area (Å²) in [6.07, 6.45) is 1.96. The lowest BCUT2D eigenvalue weighted by atomic mass is 9.85. The monoisotopic (exact) mass is 481 g/mol. The van der Waals surface area contributed by atoms with E-state index in [0.29, 0.717) is 17.5 Å². The van der Waals surface area contributed by atoms with E-state index in [1.54, 1.807) is 30.9 Å². The number of aryl methyl sites for hydroxylation is 1. The van der Waals surface area contributed by atoms with Crippen molar-refractivity contribution in [3.63, 3.8) is 0 Å². The molecule has 5 rings (SSSR count). The van der Waals surface area contributed by atoms with Gasteiger partial charge in [-0.1, -0.05) is 41.9 Å². The van der Waals surface area contributed by atoms with E-state index in [2.05, 4.69) is 5.32 Å². The van der Waals surface area contributed by atoms with Crippen LogP contribution in [0, 0.1) is 11.6 Å². The number of nitrogens with one attached hydrogen (secondary N) is 1. The number of primary amides is 1. The standard InChI is InChI=1S/C26H22ClF2N3O2/c1-31-13-26(15-6-4-3-5-7-15)12-17-19(34-26)11-18(28)22(27)20(17)21-16(25(30)33)10-14-8-9-32(2)24(14)23(21)29/h3-11,31H,12-13H2,1-2H3,(H2,30,33)/t26-/m1/s1. The zero-order valence-corrected chi connectivity index (χ0v) is 19.3. The van der Waals surface area contributed by atoms with E-state index in [-0.39, 0.29) is 39.4 Å². The molecule has 4 aromatic rings. The van der Waals surface area contributed by atoms with Crippen molar-refractivity contribution < 1.29 is 18.3 Å². The molecule has 0 saturated heterocycles. The molecule has 1 amide bonds. The molecule has 0 saturated carbocycles. The number of nitrogens with two attached hydrogens (primary N) is 1. The summed E-state index contributed by atoms with van der Waals surface area (Å²) in [5.74, 6) is -2.06. The van der Waals surface area contributed by atoms with Crippen LogP contribution >= 0.6 is 11.6 Å². The lowest BCUT2D eigenvalue weighted by Crippen LogP contribution is -2.41. The van der Waals surface area contributed by atoms with Gasteiger partial charge in [-0.25, -0.2) is 8.78 Å². The third kappa shape index (κ3) is 3.27. The van der Waals surface area contributed by atoms with Crippen LogP contribution < -0.4 is 15.8 Å². The van der Waals surface area contributed by atoms with Crippen LogP contribution in [0.5, 0.6) is 5.75 Å². The number of halogens is 3. The minimum Gasteiger partial charge on any atom is -0.480 e. The van der Waals surface area contributed by atoms with E-state index in [9.17, 15) is 4.79 Å². The Morgan fingerprint density at radius 1 is 1.21 bits per heavy atom. The molecule has 2 heterocycles. The fourth-order valence-electron chi connectivity index (χ4n) is 4.94. The number of benzene rings is 3. The molecule has 34 heavy (non-hydrogen) atoms. The van der Waals surface area contributed by atoms with Crippen molar-refractivity contribution in [1.82, 2.24) is 9.88 Å².